The number of aromatic nitrogens is 4. The van der Waals surface area contributed by atoms with Crippen LogP contribution in [0.3, 0.4) is 0 Å². The first-order chi connectivity index (χ1) is 12.0. The van der Waals surface area contributed by atoms with E-state index in [1.807, 2.05) is 13.8 Å². The van der Waals surface area contributed by atoms with E-state index in [2.05, 4.69) is 27.4 Å². The van der Waals surface area contributed by atoms with Crippen molar-refractivity contribution < 1.29 is 4.79 Å². The Morgan fingerprint density at radius 1 is 1.36 bits per heavy atom. The summed E-state index contributed by atoms with van der Waals surface area (Å²) in [5.41, 5.74) is 1.61. The Morgan fingerprint density at radius 2 is 2.04 bits per heavy atom. The summed E-state index contributed by atoms with van der Waals surface area (Å²) in [5, 5.41) is 7.38. The highest BCUT2D eigenvalue weighted by Gasteiger charge is 2.16. The van der Waals surface area contributed by atoms with Crippen LogP contribution in [-0.4, -0.2) is 39.1 Å². The minimum atomic E-state index is -0.240. The molecule has 1 fully saturated rings. The molecular weight excluding hydrogens is 318 g/mol. The van der Waals surface area contributed by atoms with Gasteiger partial charge in [-0.3, -0.25) is 14.6 Å². The third kappa shape index (κ3) is 4.85. The molecule has 0 amide bonds. The van der Waals surface area contributed by atoms with Gasteiger partial charge in [0.1, 0.15) is 0 Å². The zero-order valence-electron chi connectivity index (χ0n) is 15.4. The van der Waals surface area contributed by atoms with Gasteiger partial charge >= 0.3 is 0 Å². The maximum Gasteiger partial charge on any atom is 0.252 e. The van der Waals surface area contributed by atoms with E-state index < -0.39 is 0 Å². The molecule has 25 heavy (non-hydrogen) atoms. The minimum absolute atomic E-state index is 0.0958. The summed E-state index contributed by atoms with van der Waals surface area (Å²) < 4.78 is 1.50. The summed E-state index contributed by atoms with van der Waals surface area (Å²) in [6.45, 7) is 5.64. The van der Waals surface area contributed by atoms with Crippen LogP contribution in [0.2, 0.25) is 0 Å². The molecule has 1 saturated carbocycles. The Bertz CT molecular complexity index is 757. The molecule has 0 saturated heterocycles. The molecule has 2 aromatic heterocycles. The topological polar surface area (TPSA) is 92.7 Å². The molecule has 7 nitrogen and oxygen atoms in total. The average Bonchev–Trinajstić information content (AvgIpc) is 3.23. The van der Waals surface area contributed by atoms with Crippen molar-refractivity contribution >= 4 is 6.29 Å². The van der Waals surface area contributed by atoms with Crippen LogP contribution < -0.4 is 10.9 Å². The van der Waals surface area contributed by atoms with Gasteiger partial charge in [0, 0.05) is 17.8 Å². The number of hydrogen-bond donors (Lipinski definition) is 2. The highest BCUT2D eigenvalue weighted by atomic mass is 16.1. The highest BCUT2D eigenvalue weighted by molar-refractivity contribution is 5.76. The van der Waals surface area contributed by atoms with Gasteiger partial charge in [0.05, 0.1) is 17.5 Å². The zero-order chi connectivity index (χ0) is 18.4. The number of nitrogens with zero attached hydrogens (tertiary/aromatic N) is 3. The molecule has 2 heterocycles. The van der Waals surface area contributed by atoms with Crippen molar-refractivity contribution in [1.82, 2.24) is 25.1 Å². The third-order valence-electron chi connectivity index (χ3n) is 4.33. The maximum absolute atomic E-state index is 11.4. The highest BCUT2D eigenvalue weighted by Crippen LogP contribution is 2.20. The molecule has 0 unspecified atom stereocenters. The van der Waals surface area contributed by atoms with Crippen molar-refractivity contribution in [2.75, 3.05) is 7.05 Å². The Morgan fingerprint density at radius 3 is 2.52 bits per heavy atom. The van der Waals surface area contributed by atoms with Crippen molar-refractivity contribution in [2.45, 2.75) is 58.4 Å². The number of carbonyl (C=O) groups is 1. The van der Waals surface area contributed by atoms with Gasteiger partial charge in [-0.25, -0.2) is 9.67 Å². The summed E-state index contributed by atoms with van der Waals surface area (Å²) in [6, 6.07) is 2.25. The molecule has 1 aliphatic rings. The maximum atomic E-state index is 11.4. The molecule has 0 radical (unpaired) electrons. The van der Waals surface area contributed by atoms with Crippen molar-refractivity contribution in [3.05, 3.63) is 39.6 Å². The SMILES string of the molecule is CNC1CCCC1.Cc1cc(=O)[nH]c(-n2ncc(C=O)c2C(C)C)n1. The normalized spacial score (nSPS) is 14.4. The van der Waals surface area contributed by atoms with E-state index in [0.29, 0.717) is 17.2 Å². The lowest BCUT2D eigenvalue weighted by Crippen LogP contribution is -2.20. The molecule has 2 N–H and O–H groups in total. The van der Waals surface area contributed by atoms with Crippen molar-refractivity contribution in [3.63, 3.8) is 0 Å². The smallest absolute Gasteiger partial charge is 0.252 e. The van der Waals surface area contributed by atoms with Crippen LogP contribution in [0.5, 0.6) is 0 Å². The summed E-state index contributed by atoms with van der Waals surface area (Å²) >= 11 is 0. The molecule has 0 bridgehead atoms. The molecule has 1 aliphatic carbocycles. The molecule has 136 valence electrons. The fourth-order valence-electron chi connectivity index (χ4n) is 3.09. The van der Waals surface area contributed by atoms with Crippen LogP contribution in [0.1, 0.15) is 67.2 Å². The minimum Gasteiger partial charge on any atom is -0.317 e. The third-order valence-corrected chi connectivity index (χ3v) is 4.33. The number of hydrogen-bond acceptors (Lipinski definition) is 5. The molecule has 0 spiro atoms. The van der Waals surface area contributed by atoms with Gasteiger partial charge in [-0.05, 0) is 32.7 Å². The van der Waals surface area contributed by atoms with Crippen LogP contribution in [0.4, 0.5) is 0 Å². The van der Waals surface area contributed by atoms with Crippen molar-refractivity contribution in [1.29, 1.82) is 0 Å². The first-order valence-corrected chi connectivity index (χ1v) is 8.75. The number of aldehydes is 1. The largest absolute Gasteiger partial charge is 0.317 e. The van der Waals surface area contributed by atoms with Gasteiger partial charge in [0.2, 0.25) is 5.95 Å². The van der Waals surface area contributed by atoms with E-state index in [1.54, 1.807) is 6.92 Å². The van der Waals surface area contributed by atoms with Crippen LogP contribution in [-0.2, 0) is 0 Å². The fraction of sp³-hybridized carbons (Fsp3) is 0.556. The zero-order valence-corrected chi connectivity index (χ0v) is 15.4. The average molecular weight is 345 g/mol. The van der Waals surface area contributed by atoms with Gasteiger partial charge in [-0.2, -0.15) is 5.10 Å². The predicted molar refractivity (Wildman–Crippen MR) is 97.5 cm³/mol. The predicted octanol–water partition coefficient (Wildman–Crippen LogP) is 2.35. The summed E-state index contributed by atoms with van der Waals surface area (Å²) in [6.07, 6.45) is 7.90. The number of H-pyrrole nitrogens is 1. The quantitative estimate of drug-likeness (QED) is 0.830. The number of carbonyl (C=O) groups excluding carboxylic acids is 1. The van der Waals surface area contributed by atoms with Crippen molar-refractivity contribution in [3.8, 4) is 5.95 Å². The van der Waals surface area contributed by atoms with E-state index >= 15 is 0 Å². The lowest BCUT2D eigenvalue weighted by molar-refractivity contribution is 0.112. The first kappa shape index (κ1) is 19.1. The second kappa shape index (κ2) is 8.71. The fourth-order valence-corrected chi connectivity index (χ4v) is 3.09. The summed E-state index contributed by atoms with van der Waals surface area (Å²) in [4.78, 5) is 29.2. The molecule has 0 aliphatic heterocycles. The number of nitrogens with one attached hydrogen (secondary N) is 2. The molecule has 7 heteroatoms. The van der Waals surface area contributed by atoms with Crippen LogP contribution >= 0.6 is 0 Å². The lowest BCUT2D eigenvalue weighted by Gasteiger charge is -2.10. The second-order valence-electron chi connectivity index (χ2n) is 6.65. The van der Waals surface area contributed by atoms with E-state index in [-0.39, 0.29) is 11.5 Å². The van der Waals surface area contributed by atoms with Gasteiger partial charge < -0.3 is 5.32 Å². The van der Waals surface area contributed by atoms with Gasteiger partial charge in [0.15, 0.2) is 6.29 Å². The number of rotatable bonds is 4. The van der Waals surface area contributed by atoms with Gasteiger partial charge in [-0.15, -0.1) is 0 Å². The van der Waals surface area contributed by atoms with Crippen LogP contribution in [0, 0.1) is 6.92 Å². The number of aryl methyl sites for hydroxylation is 1. The molecule has 3 rings (SSSR count). The van der Waals surface area contributed by atoms with Crippen LogP contribution in [0.15, 0.2) is 17.1 Å². The Labute approximate surface area is 147 Å². The molecule has 0 aromatic carbocycles. The Kier molecular flexibility index (Phi) is 6.64. The monoisotopic (exact) mass is 345 g/mol. The van der Waals surface area contributed by atoms with Crippen LogP contribution in [0.25, 0.3) is 5.95 Å². The number of aromatic amines is 1. The first-order valence-electron chi connectivity index (χ1n) is 8.75. The standard InChI is InChI=1S/C12H14N4O2.C6H13N/c1-7(2)11-9(6-17)5-13-16(11)12-14-8(3)4-10(18)15-12;1-7-6-4-2-3-5-6/h4-7H,1-3H3,(H,14,15,18);6-7H,2-5H2,1H3. The molecule has 2 aromatic rings. The Balaban J connectivity index is 0.000000269. The van der Waals surface area contributed by atoms with E-state index in [1.165, 1.54) is 42.6 Å². The molecule has 0 atom stereocenters. The molecular formula is C18H27N5O2. The van der Waals surface area contributed by atoms with E-state index in [9.17, 15) is 9.59 Å². The Hall–Kier alpha value is -2.28. The van der Waals surface area contributed by atoms with Gasteiger partial charge in [-0.1, -0.05) is 26.7 Å². The van der Waals surface area contributed by atoms with E-state index in [4.69, 9.17) is 0 Å². The lowest BCUT2D eigenvalue weighted by atomic mass is 10.1. The van der Waals surface area contributed by atoms with E-state index in [0.717, 1.165) is 18.0 Å². The van der Waals surface area contributed by atoms with Crippen molar-refractivity contribution in [2.24, 2.45) is 0 Å². The summed E-state index contributed by atoms with van der Waals surface area (Å²) in [7, 11) is 2.05. The second-order valence-corrected chi connectivity index (χ2v) is 6.65. The van der Waals surface area contributed by atoms with Gasteiger partial charge in [0.25, 0.3) is 5.56 Å². The summed E-state index contributed by atoms with van der Waals surface area (Å²) in [5.74, 6) is 0.426.